The van der Waals surface area contributed by atoms with Crippen LogP contribution in [0.5, 0.6) is 0 Å². The van der Waals surface area contributed by atoms with Crippen LogP contribution in [-0.2, 0) is 11.0 Å². The summed E-state index contributed by atoms with van der Waals surface area (Å²) in [4.78, 5) is 24.0. The van der Waals surface area contributed by atoms with Gasteiger partial charge in [0.2, 0.25) is 5.91 Å². The summed E-state index contributed by atoms with van der Waals surface area (Å²) >= 11 is 0. The van der Waals surface area contributed by atoms with Crippen molar-refractivity contribution in [1.82, 2.24) is 5.32 Å². The molecule has 2 aromatic rings. The van der Waals surface area contributed by atoms with E-state index in [1.165, 1.54) is 0 Å². The van der Waals surface area contributed by atoms with E-state index in [2.05, 4.69) is 10.6 Å². The summed E-state index contributed by atoms with van der Waals surface area (Å²) in [6.07, 6.45) is -4.02. The van der Waals surface area contributed by atoms with Crippen LogP contribution in [0.4, 0.5) is 18.9 Å². The molecule has 4 nitrogen and oxygen atoms in total. The number of para-hydroxylation sites is 1. The van der Waals surface area contributed by atoms with Crippen LogP contribution in [0.15, 0.2) is 48.5 Å². The smallest absolute Gasteiger partial charge is 0.352 e. The first-order valence-corrected chi connectivity index (χ1v) is 7.71. The third-order valence-electron chi connectivity index (χ3n) is 4.10. The van der Waals surface area contributed by atoms with Gasteiger partial charge in [-0.25, -0.2) is 0 Å². The molecular formula is C18H15F3N2O2. The minimum Gasteiger partial charge on any atom is -0.352 e. The van der Waals surface area contributed by atoms with Gasteiger partial charge in [0.1, 0.15) is 0 Å². The number of benzene rings is 2. The zero-order valence-corrected chi connectivity index (χ0v) is 13.1. The van der Waals surface area contributed by atoms with E-state index in [0.717, 1.165) is 35.5 Å². The van der Waals surface area contributed by atoms with Gasteiger partial charge in [0, 0.05) is 17.8 Å². The number of nitrogens with one attached hydrogen (secondary N) is 2. The van der Waals surface area contributed by atoms with Crippen LogP contribution >= 0.6 is 0 Å². The molecule has 1 atom stereocenters. The summed E-state index contributed by atoms with van der Waals surface area (Å²) in [5.74, 6) is -0.936. The zero-order chi connectivity index (χ0) is 18.0. The van der Waals surface area contributed by atoms with Crippen molar-refractivity contribution < 1.29 is 22.8 Å². The predicted molar refractivity (Wildman–Crippen MR) is 86.2 cm³/mol. The number of alkyl halides is 3. The van der Waals surface area contributed by atoms with Crippen LogP contribution in [0.2, 0.25) is 0 Å². The molecule has 0 aromatic heterocycles. The Hall–Kier alpha value is -2.83. The molecule has 0 saturated carbocycles. The van der Waals surface area contributed by atoms with E-state index < -0.39 is 17.6 Å². The van der Waals surface area contributed by atoms with Gasteiger partial charge in [0.15, 0.2) is 0 Å². The van der Waals surface area contributed by atoms with Crippen LogP contribution in [-0.4, -0.2) is 18.4 Å². The van der Waals surface area contributed by atoms with E-state index >= 15 is 0 Å². The molecule has 3 rings (SSSR count). The molecule has 2 aromatic carbocycles. The second kappa shape index (κ2) is 6.58. The standard InChI is InChI=1S/C18H15F3N2O2/c19-18(20,21)12-7-5-11(6-8-12)16(24)22-10-9-14-13-3-1-2-4-15(13)23-17(14)25/h1-8,14H,9-10H2,(H,22,24)(H,23,25). The molecule has 0 radical (unpaired) electrons. The molecule has 1 heterocycles. The highest BCUT2D eigenvalue weighted by Gasteiger charge is 2.31. The molecule has 2 N–H and O–H groups in total. The van der Waals surface area contributed by atoms with Gasteiger partial charge in [-0.2, -0.15) is 13.2 Å². The Morgan fingerprint density at radius 1 is 1.08 bits per heavy atom. The normalized spacial score (nSPS) is 16.3. The average molecular weight is 348 g/mol. The fourth-order valence-corrected chi connectivity index (χ4v) is 2.81. The summed E-state index contributed by atoms with van der Waals surface area (Å²) in [5.41, 5.74) is 0.996. The molecule has 0 aliphatic carbocycles. The highest BCUT2D eigenvalue weighted by atomic mass is 19.4. The molecule has 1 aliphatic heterocycles. The van der Waals surface area contributed by atoms with Crippen molar-refractivity contribution in [2.45, 2.75) is 18.5 Å². The molecule has 1 aliphatic rings. The SMILES string of the molecule is O=C(NCCC1C(=O)Nc2ccccc21)c1ccc(C(F)(F)F)cc1. The van der Waals surface area contributed by atoms with E-state index in [0.29, 0.717) is 6.42 Å². The van der Waals surface area contributed by atoms with Gasteiger partial charge in [-0.3, -0.25) is 9.59 Å². The van der Waals surface area contributed by atoms with Gasteiger partial charge >= 0.3 is 6.18 Å². The van der Waals surface area contributed by atoms with Crippen molar-refractivity contribution in [3.63, 3.8) is 0 Å². The summed E-state index contributed by atoms with van der Waals surface area (Å²) in [6.45, 7) is 0.242. The second-order valence-electron chi connectivity index (χ2n) is 5.75. The van der Waals surface area contributed by atoms with Gasteiger partial charge in [0.05, 0.1) is 11.5 Å². The van der Waals surface area contributed by atoms with Crippen molar-refractivity contribution >= 4 is 17.5 Å². The van der Waals surface area contributed by atoms with Crippen LogP contribution in [0.25, 0.3) is 0 Å². The number of carbonyl (C=O) groups excluding carboxylic acids is 2. The molecule has 2 amide bonds. The van der Waals surface area contributed by atoms with Crippen molar-refractivity contribution in [2.24, 2.45) is 0 Å². The number of carbonyl (C=O) groups is 2. The minimum atomic E-state index is -4.43. The fourth-order valence-electron chi connectivity index (χ4n) is 2.81. The second-order valence-corrected chi connectivity index (χ2v) is 5.75. The number of rotatable bonds is 4. The minimum absolute atomic E-state index is 0.120. The Morgan fingerprint density at radius 2 is 1.76 bits per heavy atom. The van der Waals surface area contributed by atoms with Crippen molar-refractivity contribution in [1.29, 1.82) is 0 Å². The highest BCUT2D eigenvalue weighted by molar-refractivity contribution is 6.02. The van der Waals surface area contributed by atoms with Crippen LogP contribution in [0.3, 0.4) is 0 Å². The van der Waals surface area contributed by atoms with Gasteiger partial charge < -0.3 is 10.6 Å². The largest absolute Gasteiger partial charge is 0.416 e. The maximum atomic E-state index is 12.5. The lowest BCUT2D eigenvalue weighted by Gasteiger charge is -2.11. The molecule has 0 saturated heterocycles. The quantitative estimate of drug-likeness (QED) is 0.888. The first-order valence-electron chi connectivity index (χ1n) is 7.71. The van der Waals surface area contributed by atoms with Crippen molar-refractivity contribution in [3.8, 4) is 0 Å². The van der Waals surface area contributed by atoms with E-state index in [1.807, 2.05) is 24.3 Å². The average Bonchev–Trinajstić information content (AvgIpc) is 2.90. The summed E-state index contributed by atoms with van der Waals surface area (Å²) in [7, 11) is 0. The lowest BCUT2D eigenvalue weighted by molar-refractivity contribution is -0.137. The van der Waals surface area contributed by atoms with Gasteiger partial charge in [-0.15, -0.1) is 0 Å². The maximum Gasteiger partial charge on any atom is 0.416 e. The number of hydrogen-bond acceptors (Lipinski definition) is 2. The summed E-state index contributed by atoms with van der Waals surface area (Å²) in [5, 5.41) is 5.41. The number of fused-ring (bicyclic) bond motifs is 1. The molecule has 1 unspecified atom stereocenters. The lowest BCUT2D eigenvalue weighted by Crippen LogP contribution is -2.27. The maximum absolute atomic E-state index is 12.5. The van der Waals surface area contributed by atoms with Gasteiger partial charge in [-0.1, -0.05) is 18.2 Å². The molecule has 7 heteroatoms. The van der Waals surface area contributed by atoms with Gasteiger partial charge in [-0.05, 0) is 42.3 Å². The number of hydrogen-bond donors (Lipinski definition) is 2. The topological polar surface area (TPSA) is 58.2 Å². The van der Waals surface area contributed by atoms with Crippen LogP contribution in [0.1, 0.15) is 33.8 Å². The van der Waals surface area contributed by atoms with E-state index in [1.54, 1.807) is 0 Å². The Labute approximate surface area is 142 Å². The van der Waals surface area contributed by atoms with Gasteiger partial charge in [0.25, 0.3) is 5.91 Å². The number of halogens is 3. The number of anilines is 1. The van der Waals surface area contributed by atoms with Crippen molar-refractivity contribution in [2.75, 3.05) is 11.9 Å². The van der Waals surface area contributed by atoms with Crippen molar-refractivity contribution in [3.05, 3.63) is 65.2 Å². The summed E-state index contributed by atoms with van der Waals surface area (Å²) < 4.78 is 37.5. The highest BCUT2D eigenvalue weighted by Crippen LogP contribution is 2.34. The number of amides is 2. The molecule has 0 spiro atoms. The molecule has 0 bridgehead atoms. The zero-order valence-electron chi connectivity index (χ0n) is 13.1. The molecular weight excluding hydrogens is 333 g/mol. The van der Waals surface area contributed by atoms with Crippen LogP contribution in [0, 0.1) is 0 Å². The fraction of sp³-hybridized carbons (Fsp3) is 0.222. The Kier molecular flexibility index (Phi) is 4.48. The first-order chi connectivity index (χ1) is 11.9. The van der Waals surface area contributed by atoms with Crippen LogP contribution < -0.4 is 10.6 Å². The lowest BCUT2D eigenvalue weighted by atomic mass is 9.97. The molecule has 130 valence electrons. The monoisotopic (exact) mass is 348 g/mol. The third-order valence-corrected chi connectivity index (χ3v) is 4.10. The third kappa shape index (κ3) is 3.65. The Morgan fingerprint density at radius 3 is 2.44 bits per heavy atom. The van der Waals surface area contributed by atoms with E-state index in [-0.39, 0.29) is 23.9 Å². The summed E-state index contributed by atoms with van der Waals surface area (Å²) in [6, 6.07) is 11.3. The molecule has 0 fully saturated rings. The first kappa shape index (κ1) is 17.0. The predicted octanol–water partition coefficient (Wildman–Crippen LogP) is 3.56. The Bertz CT molecular complexity index is 801. The van der Waals surface area contributed by atoms with E-state index in [4.69, 9.17) is 0 Å². The Balaban J connectivity index is 1.57. The molecule has 25 heavy (non-hydrogen) atoms. The van der Waals surface area contributed by atoms with E-state index in [9.17, 15) is 22.8 Å².